The van der Waals surface area contributed by atoms with Gasteiger partial charge >= 0.3 is 11.9 Å². The zero-order valence-corrected chi connectivity index (χ0v) is 9.76. The topological polar surface area (TPSA) is 163 Å². The third-order valence-electron chi connectivity index (χ3n) is 1.79. The molecule has 10 nitrogen and oxygen atoms in total. The molecule has 2 atom stereocenters. The highest BCUT2D eigenvalue weighted by atomic mass is 16.7. The summed E-state index contributed by atoms with van der Waals surface area (Å²) in [6, 6.07) is -3.10. The number of nitrogens with one attached hydrogen (secondary N) is 2. The smallest absolute Gasteiger partial charge is 0.349 e. The summed E-state index contributed by atoms with van der Waals surface area (Å²) in [5.41, 5.74) is 0. The maximum absolute atomic E-state index is 11.3. The number of hydrogen-bond acceptors (Lipinski definition) is 8. The summed E-state index contributed by atoms with van der Waals surface area (Å²) in [7, 11) is 0. The fourth-order valence-corrected chi connectivity index (χ4v) is 1.14. The van der Waals surface area contributed by atoms with Crippen LogP contribution in [0.25, 0.3) is 0 Å². The van der Waals surface area contributed by atoms with Crippen molar-refractivity contribution in [2.45, 2.75) is 25.9 Å². The lowest BCUT2D eigenvalue weighted by atomic mass is 10.1. The predicted molar refractivity (Wildman–Crippen MR) is 55.8 cm³/mol. The van der Waals surface area contributed by atoms with Crippen molar-refractivity contribution < 1.29 is 28.9 Å². The molecule has 0 aliphatic carbocycles. The Morgan fingerprint density at radius 2 is 1.11 bits per heavy atom. The second-order valence-electron chi connectivity index (χ2n) is 3.23. The molecule has 10 heteroatoms. The Morgan fingerprint density at radius 1 is 0.833 bits per heavy atom. The van der Waals surface area contributed by atoms with Crippen molar-refractivity contribution in [2.75, 3.05) is 0 Å². The summed E-state index contributed by atoms with van der Waals surface area (Å²) in [4.78, 5) is 52.3. The van der Waals surface area contributed by atoms with E-state index in [1.807, 2.05) is 0 Å². The third-order valence-corrected chi connectivity index (χ3v) is 1.79. The lowest BCUT2D eigenvalue weighted by molar-refractivity contribution is -0.157. The summed E-state index contributed by atoms with van der Waals surface area (Å²) < 4.78 is 0. The molecule has 0 spiro atoms. The van der Waals surface area contributed by atoms with Crippen LogP contribution in [0.1, 0.15) is 13.8 Å². The molecule has 0 bridgehead atoms. The van der Waals surface area contributed by atoms with Crippen LogP contribution in [0.5, 0.6) is 0 Å². The predicted octanol–water partition coefficient (Wildman–Crippen LogP) is -3.17. The van der Waals surface area contributed by atoms with Crippen LogP contribution in [0.3, 0.4) is 0 Å². The molecule has 0 saturated carbocycles. The fraction of sp³-hybridized carbons (Fsp3) is 0.500. The molecule has 0 aliphatic heterocycles. The quantitative estimate of drug-likeness (QED) is 0.377. The largest absolute Gasteiger partial charge is 0.372 e. The molecular weight excluding hydrogens is 248 g/mol. The van der Waals surface area contributed by atoms with Gasteiger partial charge in [0.2, 0.25) is 11.8 Å². The maximum Gasteiger partial charge on any atom is 0.349 e. The van der Waals surface area contributed by atoms with Gasteiger partial charge < -0.3 is 20.3 Å². The highest BCUT2D eigenvalue weighted by Gasteiger charge is 2.37. The van der Waals surface area contributed by atoms with Crippen molar-refractivity contribution in [1.82, 2.24) is 10.6 Å². The van der Waals surface area contributed by atoms with Crippen molar-refractivity contribution in [3.8, 4) is 0 Å². The van der Waals surface area contributed by atoms with Gasteiger partial charge in [0, 0.05) is 13.8 Å². The first-order valence-corrected chi connectivity index (χ1v) is 4.68. The van der Waals surface area contributed by atoms with Crippen molar-refractivity contribution in [1.29, 1.82) is 0 Å². The molecule has 0 radical (unpaired) electrons. The number of nitrogens with two attached hydrogens (primary N) is 2. The van der Waals surface area contributed by atoms with Crippen LogP contribution in [-0.4, -0.2) is 35.8 Å². The summed E-state index contributed by atoms with van der Waals surface area (Å²) in [5, 5.41) is 4.17. The Bertz CT molecular complexity index is 323. The SMILES string of the molecule is CC(=O)NC(C(=O)ON)C(NC(C)=O)C(=O)ON. The first kappa shape index (κ1) is 15.8. The van der Waals surface area contributed by atoms with Gasteiger partial charge in [0.25, 0.3) is 0 Å². The van der Waals surface area contributed by atoms with E-state index < -0.39 is 35.8 Å². The van der Waals surface area contributed by atoms with E-state index in [9.17, 15) is 19.2 Å². The molecular formula is C8H14N4O6. The van der Waals surface area contributed by atoms with Gasteiger partial charge in [0.15, 0.2) is 12.1 Å². The molecule has 0 heterocycles. The lowest BCUT2D eigenvalue weighted by Gasteiger charge is -2.23. The first-order chi connectivity index (χ1) is 8.33. The van der Waals surface area contributed by atoms with Crippen LogP contribution in [0, 0.1) is 0 Å². The van der Waals surface area contributed by atoms with Gasteiger partial charge in [-0.3, -0.25) is 9.59 Å². The standard InChI is InChI=1S/C8H14N4O6/c1-3(13)11-5(7(15)17-9)6(8(16)18-10)12-4(2)14/h5-6H,9-10H2,1-2H3,(H,11,13)(H,12,14). The van der Waals surface area contributed by atoms with Crippen molar-refractivity contribution >= 4 is 23.8 Å². The van der Waals surface area contributed by atoms with E-state index in [1.54, 1.807) is 0 Å². The van der Waals surface area contributed by atoms with E-state index >= 15 is 0 Å². The Morgan fingerprint density at radius 3 is 1.28 bits per heavy atom. The second kappa shape index (κ2) is 7.19. The summed E-state index contributed by atoms with van der Waals surface area (Å²) in [6.07, 6.45) is 0. The van der Waals surface area contributed by atoms with E-state index in [1.165, 1.54) is 0 Å². The average Bonchev–Trinajstić information content (AvgIpc) is 2.30. The van der Waals surface area contributed by atoms with Crippen LogP contribution in [0.2, 0.25) is 0 Å². The Hall–Kier alpha value is -2.20. The van der Waals surface area contributed by atoms with Gasteiger partial charge in [0.05, 0.1) is 0 Å². The van der Waals surface area contributed by atoms with E-state index in [0.717, 1.165) is 13.8 Å². The summed E-state index contributed by atoms with van der Waals surface area (Å²) >= 11 is 0. The van der Waals surface area contributed by atoms with E-state index in [4.69, 9.17) is 0 Å². The van der Waals surface area contributed by atoms with Crippen molar-refractivity contribution in [3.63, 3.8) is 0 Å². The highest BCUT2D eigenvalue weighted by molar-refractivity contribution is 5.92. The molecule has 102 valence electrons. The Balaban J connectivity index is 5.17. The van der Waals surface area contributed by atoms with Gasteiger partial charge in [-0.2, -0.15) is 11.8 Å². The van der Waals surface area contributed by atoms with Crippen LogP contribution < -0.4 is 22.4 Å². The van der Waals surface area contributed by atoms with Gasteiger partial charge in [0.1, 0.15) is 0 Å². The van der Waals surface area contributed by atoms with E-state index in [-0.39, 0.29) is 0 Å². The molecule has 18 heavy (non-hydrogen) atoms. The molecule has 0 aromatic heterocycles. The maximum atomic E-state index is 11.3. The van der Waals surface area contributed by atoms with Crippen LogP contribution in [0.4, 0.5) is 0 Å². The van der Waals surface area contributed by atoms with Gasteiger partial charge in [-0.1, -0.05) is 0 Å². The molecule has 0 fully saturated rings. The number of rotatable bonds is 5. The minimum atomic E-state index is -1.55. The molecule has 2 amide bonds. The third kappa shape index (κ3) is 4.76. The molecule has 0 aliphatic rings. The first-order valence-electron chi connectivity index (χ1n) is 4.68. The molecule has 6 N–H and O–H groups in total. The average molecular weight is 262 g/mol. The van der Waals surface area contributed by atoms with Crippen LogP contribution in [-0.2, 0) is 28.9 Å². The van der Waals surface area contributed by atoms with Crippen LogP contribution in [0.15, 0.2) is 0 Å². The van der Waals surface area contributed by atoms with E-state index in [2.05, 4.69) is 32.1 Å². The summed E-state index contributed by atoms with van der Waals surface area (Å²) in [6.45, 7) is 2.19. The lowest BCUT2D eigenvalue weighted by Crippen LogP contribution is -2.60. The molecule has 0 rings (SSSR count). The van der Waals surface area contributed by atoms with Crippen molar-refractivity contribution in [3.05, 3.63) is 0 Å². The summed E-state index contributed by atoms with van der Waals surface area (Å²) in [5.74, 6) is 5.74. The monoisotopic (exact) mass is 262 g/mol. The zero-order chi connectivity index (χ0) is 14.3. The minimum absolute atomic E-state index is 0.648. The normalized spacial score (nSPS) is 12.9. The van der Waals surface area contributed by atoms with Gasteiger partial charge in [-0.15, -0.1) is 0 Å². The number of carbonyl (C=O) groups excluding carboxylic acids is 4. The van der Waals surface area contributed by atoms with Gasteiger partial charge in [-0.25, -0.2) is 9.59 Å². The van der Waals surface area contributed by atoms with Gasteiger partial charge in [-0.05, 0) is 0 Å². The van der Waals surface area contributed by atoms with Crippen molar-refractivity contribution in [2.24, 2.45) is 11.8 Å². The second-order valence-corrected chi connectivity index (χ2v) is 3.23. The van der Waals surface area contributed by atoms with E-state index in [0.29, 0.717) is 0 Å². The minimum Gasteiger partial charge on any atom is -0.372 e. The van der Waals surface area contributed by atoms with Crippen LogP contribution >= 0.6 is 0 Å². The highest BCUT2D eigenvalue weighted by Crippen LogP contribution is 1.99. The Kier molecular flexibility index (Phi) is 6.31. The number of amides is 2. The molecule has 0 aromatic rings. The zero-order valence-electron chi connectivity index (χ0n) is 9.76. The molecule has 0 saturated heterocycles. The molecule has 0 aromatic carbocycles. The number of hydrogen-bond donors (Lipinski definition) is 4. The molecule has 2 unspecified atom stereocenters. The number of carbonyl (C=O) groups is 4. The fourth-order valence-electron chi connectivity index (χ4n) is 1.14. The Labute approximate surface area is 102 Å².